The molecule has 4 heteroatoms. The fourth-order valence-electron chi connectivity index (χ4n) is 0.987. The van der Waals surface area contributed by atoms with Gasteiger partial charge in [0.25, 0.3) is 0 Å². The maximum absolute atomic E-state index is 11.4. The van der Waals surface area contributed by atoms with Crippen LogP contribution in [0.3, 0.4) is 0 Å². The second-order valence-corrected chi connectivity index (χ2v) is 3.09. The first-order chi connectivity index (χ1) is 6.61. The predicted octanol–water partition coefficient (Wildman–Crippen LogP) is 1.33. The van der Waals surface area contributed by atoms with Crippen molar-refractivity contribution in [2.45, 2.75) is 13.3 Å². The van der Waals surface area contributed by atoms with Crippen molar-refractivity contribution in [1.82, 2.24) is 4.90 Å². The van der Waals surface area contributed by atoms with Gasteiger partial charge in [0, 0.05) is 26.9 Å². The summed E-state index contributed by atoms with van der Waals surface area (Å²) in [5, 5.41) is 0. The van der Waals surface area contributed by atoms with E-state index in [1.54, 1.807) is 19.2 Å². The Labute approximate surface area is 82.5 Å². The van der Waals surface area contributed by atoms with Gasteiger partial charge in [0.1, 0.15) is 0 Å². The molecule has 0 aromatic carbocycles. The normalized spacial score (nSPS) is 9.86. The van der Waals surface area contributed by atoms with E-state index in [0.717, 1.165) is 0 Å². The van der Waals surface area contributed by atoms with Crippen LogP contribution in [0.15, 0.2) is 22.8 Å². The predicted molar refractivity (Wildman–Crippen MR) is 51.0 cm³/mol. The molecule has 1 aromatic heterocycles. The number of amides is 1. The van der Waals surface area contributed by atoms with Gasteiger partial charge < -0.3 is 9.32 Å². The van der Waals surface area contributed by atoms with Crippen LogP contribution in [0, 0.1) is 0 Å². The van der Waals surface area contributed by atoms with E-state index in [-0.39, 0.29) is 11.7 Å². The molecular formula is C10H13NO3. The fourth-order valence-corrected chi connectivity index (χ4v) is 0.987. The topological polar surface area (TPSA) is 50.5 Å². The molecule has 0 saturated heterocycles. The van der Waals surface area contributed by atoms with Crippen LogP contribution in [0.1, 0.15) is 23.9 Å². The van der Waals surface area contributed by atoms with Crippen molar-refractivity contribution in [3.8, 4) is 0 Å². The summed E-state index contributed by atoms with van der Waals surface area (Å²) in [6, 6.07) is 3.29. The largest absolute Gasteiger partial charge is 0.461 e. The number of hydrogen-bond donors (Lipinski definition) is 0. The molecule has 76 valence electrons. The molecule has 0 spiro atoms. The lowest BCUT2D eigenvalue weighted by atomic mass is 10.2. The molecule has 0 bridgehead atoms. The van der Waals surface area contributed by atoms with Gasteiger partial charge in [-0.25, -0.2) is 0 Å². The molecule has 1 aromatic rings. The molecule has 0 fully saturated rings. The van der Waals surface area contributed by atoms with E-state index in [2.05, 4.69) is 0 Å². The number of hydrogen-bond acceptors (Lipinski definition) is 3. The number of nitrogens with zero attached hydrogens (tertiary/aromatic N) is 1. The minimum Gasteiger partial charge on any atom is -0.461 e. The molecular weight excluding hydrogens is 182 g/mol. The Kier molecular flexibility index (Phi) is 3.45. The Morgan fingerprint density at radius 1 is 1.50 bits per heavy atom. The molecule has 14 heavy (non-hydrogen) atoms. The highest BCUT2D eigenvalue weighted by Crippen LogP contribution is 2.04. The second kappa shape index (κ2) is 4.60. The zero-order valence-electron chi connectivity index (χ0n) is 8.32. The monoisotopic (exact) mass is 195 g/mol. The number of carbonyl (C=O) groups is 2. The third-order valence-corrected chi connectivity index (χ3v) is 2.01. The first kappa shape index (κ1) is 10.5. The third-order valence-electron chi connectivity index (χ3n) is 2.01. The van der Waals surface area contributed by atoms with Crippen LogP contribution in [-0.4, -0.2) is 30.2 Å². The zero-order valence-corrected chi connectivity index (χ0v) is 8.32. The van der Waals surface area contributed by atoms with Crippen LogP contribution in [0.5, 0.6) is 0 Å². The van der Waals surface area contributed by atoms with Crippen LogP contribution in [0.4, 0.5) is 0 Å². The lowest BCUT2D eigenvalue weighted by Gasteiger charge is -2.12. The van der Waals surface area contributed by atoms with E-state index in [1.165, 1.54) is 18.1 Å². The van der Waals surface area contributed by atoms with Crippen molar-refractivity contribution in [3.05, 3.63) is 24.2 Å². The van der Waals surface area contributed by atoms with Crippen molar-refractivity contribution in [2.24, 2.45) is 0 Å². The lowest BCUT2D eigenvalue weighted by molar-refractivity contribution is -0.127. The quantitative estimate of drug-likeness (QED) is 0.681. The Hall–Kier alpha value is -1.58. The molecule has 0 saturated carbocycles. The van der Waals surface area contributed by atoms with Crippen molar-refractivity contribution >= 4 is 11.7 Å². The standard InChI is InChI=1S/C10H13NO3/c1-8(12)11(2)6-5-9(13)10-4-3-7-14-10/h3-4,7H,5-6H2,1-2H3. The van der Waals surface area contributed by atoms with Gasteiger partial charge in [-0.3, -0.25) is 9.59 Å². The Bertz CT molecular complexity index is 316. The van der Waals surface area contributed by atoms with Crippen molar-refractivity contribution < 1.29 is 14.0 Å². The maximum atomic E-state index is 11.4. The van der Waals surface area contributed by atoms with Crippen molar-refractivity contribution in [2.75, 3.05) is 13.6 Å². The average molecular weight is 195 g/mol. The van der Waals surface area contributed by atoms with Crippen LogP contribution < -0.4 is 0 Å². The second-order valence-electron chi connectivity index (χ2n) is 3.09. The summed E-state index contributed by atoms with van der Waals surface area (Å²) in [6.45, 7) is 1.90. The van der Waals surface area contributed by atoms with Gasteiger partial charge in [0.2, 0.25) is 5.91 Å². The highest BCUT2D eigenvalue weighted by Gasteiger charge is 2.10. The molecule has 4 nitrogen and oxygen atoms in total. The van der Waals surface area contributed by atoms with Gasteiger partial charge in [0.15, 0.2) is 11.5 Å². The summed E-state index contributed by atoms with van der Waals surface area (Å²) in [5.41, 5.74) is 0. The molecule has 0 aliphatic rings. The summed E-state index contributed by atoms with van der Waals surface area (Å²) in [7, 11) is 1.66. The first-order valence-electron chi connectivity index (χ1n) is 4.39. The van der Waals surface area contributed by atoms with E-state index in [0.29, 0.717) is 18.7 Å². The third kappa shape index (κ3) is 2.73. The Morgan fingerprint density at radius 3 is 2.71 bits per heavy atom. The van der Waals surface area contributed by atoms with Gasteiger partial charge in [-0.05, 0) is 12.1 Å². The molecule has 0 atom stereocenters. The average Bonchev–Trinajstić information content (AvgIpc) is 2.66. The van der Waals surface area contributed by atoms with E-state index in [4.69, 9.17) is 4.42 Å². The molecule has 0 unspecified atom stereocenters. The van der Waals surface area contributed by atoms with Gasteiger partial charge in [-0.15, -0.1) is 0 Å². The number of carbonyl (C=O) groups excluding carboxylic acids is 2. The minimum absolute atomic E-state index is 0.0442. The van der Waals surface area contributed by atoms with E-state index < -0.39 is 0 Å². The Morgan fingerprint density at radius 2 is 2.21 bits per heavy atom. The zero-order chi connectivity index (χ0) is 10.6. The maximum Gasteiger partial charge on any atom is 0.219 e. The molecule has 1 rings (SSSR count). The van der Waals surface area contributed by atoms with Crippen LogP contribution >= 0.6 is 0 Å². The molecule has 0 aliphatic carbocycles. The van der Waals surface area contributed by atoms with Crippen LogP contribution in [0.2, 0.25) is 0 Å². The summed E-state index contributed by atoms with van der Waals surface area (Å²) in [6.07, 6.45) is 1.76. The number of rotatable bonds is 4. The molecule has 1 heterocycles. The highest BCUT2D eigenvalue weighted by molar-refractivity contribution is 5.93. The van der Waals surface area contributed by atoms with Gasteiger partial charge in [-0.1, -0.05) is 0 Å². The van der Waals surface area contributed by atoms with Gasteiger partial charge in [-0.2, -0.15) is 0 Å². The van der Waals surface area contributed by atoms with Crippen LogP contribution in [-0.2, 0) is 4.79 Å². The smallest absolute Gasteiger partial charge is 0.219 e. The Balaban J connectivity index is 2.40. The summed E-state index contributed by atoms with van der Waals surface area (Å²) >= 11 is 0. The van der Waals surface area contributed by atoms with Crippen molar-refractivity contribution in [1.29, 1.82) is 0 Å². The minimum atomic E-state index is -0.0805. The molecule has 1 amide bonds. The summed E-state index contributed by atoms with van der Waals surface area (Å²) < 4.78 is 4.94. The van der Waals surface area contributed by atoms with Gasteiger partial charge >= 0.3 is 0 Å². The number of ketones is 1. The van der Waals surface area contributed by atoms with Crippen LogP contribution in [0.25, 0.3) is 0 Å². The van der Waals surface area contributed by atoms with E-state index in [9.17, 15) is 9.59 Å². The number of Topliss-reactive ketones (excluding diaryl/α,β-unsaturated/α-hetero) is 1. The SMILES string of the molecule is CC(=O)N(C)CCC(=O)c1ccco1. The summed E-state index contributed by atoms with van der Waals surface area (Å²) in [5.74, 6) is 0.224. The van der Waals surface area contributed by atoms with Crippen molar-refractivity contribution in [3.63, 3.8) is 0 Å². The molecule has 0 radical (unpaired) electrons. The lowest BCUT2D eigenvalue weighted by Crippen LogP contribution is -2.26. The number of furan rings is 1. The van der Waals surface area contributed by atoms with Gasteiger partial charge in [0.05, 0.1) is 6.26 Å². The molecule has 0 aliphatic heterocycles. The highest BCUT2D eigenvalue weighted by atomic mass is 16.3. The fraction of sp³-hybridized carbons (Fsp3) is 0.400. The first-order valence-corrected chi connectivity index (χ1v) is 4.39. The summed E-state index contributed by atoms with van der Waals surface area (Å²) in [4.78, 5) is 23.7. The van der Waals surface area contributed by atoms with E-state index in [1.807, 2.05) is 0 Å². The molecule has 0 N–H and O–H groups in total. The van der Waals surface area contributed by atoms with E-state index >= 15 is 0 Å².